The molecule has 1 aliphatic carbocycles. The molecule has 0 spiro atoms. The van der Waals surface area contributed by atoms with Crippen molar-refractivity contribution < 1.29 is 0 Å². The molecular formula is C51H35BrN2S. The van der Waals surface area contributed by atoms with Gasteiger partial charge in [0.05, 0.1) is 16.7 Å². The first-order valence-electron chi connectivity index (χ1n) is 18.8. The van der Waals surface area contributed by atoms with E-state index in [1.54, 1.807) is 0 Å². The van der Waals surface area contributed by atoms with Gasteiger partial charge in [0.1, 0.15) is 0 Å². The maximum absolute atomic E-state index is 3.65. The highest BCUT2D eigenvalue weighted by atomic mass is 79.9. The Bertz CT molecular complexity index is 3130. The number of hydrogen-bond acceptors (Lipinski definition) is 2. The standard InChI is InChI=1S/C51H35BrN2S/c1-51(2)43-17-9-6-15-38(43)39-26-24-35(30-44(39)51)54-46-31-36(25-27-40(46)41-28-29-48-49(50(41)54)42-16-8-11-19-47(42)55-48)53(34-12-4-3-5-13-34)45-18-10-7-14-37(45)32-20-22-33(52)23-21-32/h3-31H,1-2H3. The molecule has 4 heteroatoms. The first-order valence-corrected chi connectivity index (χ1v) is 20.4. The molecule has 0 amide bonds. The van der Waals surface area contributed by atoms with Crippen LogP contribution in [0.15, 0.2) is 180 Å². The van der Waals surface area contributed by atoms with Gasteiger partial charge in [-0.2, -0.15) is 0 Å². The van der Waals surface area contributed by atoms with Gasteiger partial charge in [-0.15, -0.1) is 11.3 Å². The molecule has 0 N–H and O–H groups in total. The minimum Gasteiger partial charge on any atom is -0.310 e. The van der Waals surface area contributed by atoms with Gasteiger partial charge in [-0.25, -0.2) is 0 Å². The van der Waals surface area contributed by atoms with Crippen LogP contribution in [0.4, 0.5) is 17.1 Å². The molecule has 0 radical (unpaired) electrons. The Labute approximate surface area is 332 Å². The molecule has 8 aromatic carbocycles. The number of para-hydroxylation sites is 2. The number of anilines is 3. The lowest BCUT2D eigenvalue weighted by Crippen LogP contribution is -2.15. The third kappa shape index (κ3) is 4.91. The summed E-state index contributed by atoms with van der Waals surface area (Å²) in [5, 5.41) is 5.13. The van der Waals surface area contributed by atoms with Crippen LogP contribution in [0.1, 0.15) is 25.0 Å². The summed E-state index contributed by atoms with van der Waals surface area (Å²) in [6.07, 6.45) is 0. The summed E-state index contributed by atoms with van der Waals surface area (Å²) in [5.41, 5.74) is 14.6. The number of halogens is 1. The molecule has 0 unspecified atom stereocenters. The number of rotatable bonds is 5. The van der Waals surface area contributed by atoms with Gasteiger partial charge in [0.15, 0.2) is 0 Å². The number of hydrogen-bond donors (Lipinski definition) is 0. The third-order valence-electron chi connectivity index (χ3n) is 11.7. The van der Waals surface area contributed by atoms with Gasteiger partial charge in [0.2, 0.25) is 0 Å². The summed E-state index contributed by atoms with van der Waals surface area (Å²) in [6, 6.07) is 64.8. The van der Waals surface area contributed by atoms with Crippen LogP contribution in [0.2, 0.25) is 0 Å². The van der Waals surface area contributed by atoms with E-state index in [0.717, 1.165) is 21.5 Å². The molecule has 0 bridgehead atoms. The Balaban J connectivity index is 1.22. The number of nitrogens with zero attached hydrogens (tertiary/aromatic N) is 2. The SMILES string of the molecule is CC1(C)c2ccccc2-c2ccc(-n3c4cc(N(c5ccccc5)c5ccccc5-c5ccc(Br)cc5)ccc4c4ccc5sc6ccccc6c5c43)cc21. The number of benzene rings is 8. The van der Waals surface area contributed by atoms with Crippen molar-refractivity contribution in [3.8, 4) is 27.9 Å². The van der Waals surface area contributed by atoms with Crippen LogP contribution in [0.3, 0.4) is 0 Å². The van der Waals surface area contributed by atoms with Gasteiger partial charge in [0, 0.05) is 63.5 Å². The minimum atomic E-state index is -0.114. The largest absolute Gasteiger partial charge is 0.310 e. The van der Waals surface area contributed by atoms with Crippen molar-refractivity contribution in [1.29, 1.82) is 0 Å². The monoisotopic (exact) mass is 786 g/mol. The molecule has 0 atom stereocenters. The molecule has 262 valence electrons. The Morgan fingerprint density at radius 2 is 1.24 bits per heavy atom. The average molecular weight is 788 g/mol. The topological polar surface area (TPSA) is 8.17 Å². The van der Waals surface area contributed by atoms with Crippen LogP contribution in [0.25, 0.3) is 69.9 Å². The molecule has 2 aromatic heterocycles. The van der Waals surface area contributed by atoms with Crippen molar-refractivity contribution in [3.63, 3.8) is 0 Å². The van der Waals surface area contributed by atoms with E-state index in [9.17, 15) is 0 Å². The summed E-state index contributed by atoms with van der Waals surface area (Å²) < 4.78 is 6.24. The van der Waals surface area contributed by atoms with E-state index in [1.807, 2.05) is 11.3 Å². The molecule has 11 rings (SSSR count). The second kappa shape index (κ2) is 12.3. The average Bonchev–Trinajstić information content (AvgIpc) is 3.84. The summed E-state index contributed by atoms with van der Waals surface area (Å²) in [6.45, 7) is 4.74. The van der Waals surface area contributed by atoms with Crippen LogP contribution in [-0.2, 0) is 5.41 Å². The van der Waals surface area contributed by atoms with E-state index in [0.29, 0.717) is 0 Å². The zero-order valence-electron chi connectivity index (χ0n) is 30.4. The van der Waals surface area contributed by atoms with Crippen molar-refractivity contribution in [1.82, 2.24) is 4.57 Å². The number of thiophene rings is 1. The van der Waals surface area contributed by atoms with Gasteiger partial charge in [-0.3, -0.25) is 0 Å². The zero-order valence-corrected chi connectivity index (χ0v) is 32.8. The quantitative estimate of drug-likeness (QED) is 0.169. The van der Waals surface area contributed by atoms with Crippen LogP contribution >= 0.6 is 27.3 Å². The molecule has 10 aromatic rings. The highest BCUT2D eigenvalue weighted by Crippen LogP contribution is 2.51. The summed E-state index contributed by atoms with van der Waals surface area (Å²) >= 11 is 5.53. The Morgan fingerprint density at radius 1 is 0.527 bits per heavy atom. The van der Waals surface area contributed by atoms with Gasteiger partial charge in [-0.05, 0) is 94.5 Å². The van der Waals surface area contributed by atoms with Crippen molar-refractivity contribution in [2.45, 2.75) is 19.3 Å². The second-order valence-electron chi connectivity index (χ2n) is 15.1. The minimum absolute atomic E-state index is 0.114. The number of fused-ring (bicyclic) bond motifs is 10. The third-order valence-corrected chi connectivity index (χ3v) is 13.3. The van der Waals surface area contributed by atoms with Crippen LogP contribution < -0.4 is 4.90 Å². The van der Waals surface area contributed by atoms with E-state index in [4.69, 9.17) is 0 Å². The molecule has 0 fully saturated rings. The van der Waals surface area contributed by atoms with E-state index in [2.05, 4.69) is 215 Å². The first-order chi connectivity index (χ1) is 27.0. The van der Waals surface area contributed by atoms with E-state index >= 15 is 0 Å². The van der Waals surface area contributed by atoms with Crippen LogP contribution in [0.5, 0.6) is 0 Å². The van der Waals surface area contributed by atoms with Gasteiger partial charge < -0.3 is 9.47 Å². The van der Waals surface area contributed by atoms with Crippen molar-refractivity contribution in [2.75, 3.05) is 4.90 Å². The lowest BCUT2D eigenvalue weighted by atomic mass is 9.82. The van der Waals surface area contributed by atoms with Crippen LogP contribution in [-0.4, -0.2) is 4.57 Å². The summed E-state index contributed by atoms with van der Waals surface area (Å²) in [5.74, 6) is 0. The Hall–Kier alpha value is -5.94. The van der Waals surface area contributed by atoms with Gasteiger partial charge in [0.25, 0.3) is 0 Å². The summed E-state index contributed by atoms with van der Waals surface area (Å²) in [7, 11) is 0. The van der Waals surface area contributed by atoms with Crippen molar-refractivity contribution in [2.24, 2.45) is 0 Å². The molecule has 0 saturated carbocycles. The maximum atomic E-state index is 3.65. The molecule has 2 nitrogen and oxygen atoms in total. The van der Waals surface area contributed by atoms with Crippen molar-refractivity contribution >= 4 is 86.3 Å². The van der Waals surface area contributed by atoms with Gasteiger partial charge >= 0.3 is 0 Å². The fourth-order valence-electron chi connectivity index (χ4n) is 9.09. The van der Waals surface area contributed by atoms with Crippen molar-refractivity contribution in [3.05, 3.63) is 192 Å². The lowest BCUT2D eigenvalue weighted by Gasteiger charge is -2.28. The summed E-state index contributed by atoms with van der Waals surface area (Å²) in [4.78, 5) is 2.41. The van der Waals surface area contributed by atoms with E-state index in [-0.39, 0.29) is 5.41 Å². The molecule has 2 heterocycles. The van der Waals surface area contributed by atoms with Crippen LogP contribution in [0, 0.1) is 0 Å². The number of aromatic nitrogens is 1. The highest BCUT2D eigenvalue weighted by Gasteiger charge is 2.35. The second-order valence-corrected chi connectivity index (χ2v) is 17.1. The van der Waals surface area contributed by atoms with E-state index in [1.165, 1.54) is 81.0 Å². The predicted molar refractivity (Wildman–Crippen MR) is 239 cm³/mol. The fraction of sp³-hybridized carbons (Fsp3) is 0.0588. The smallest absolute Gasteiger partial charge is 0.0634 e. The molecular weight excluding hydrogens is 753 g/mol. The van der Waals surface area contributed by atoms with E-state index < -0.39 is 0 Å². The maximum Gasteiger partial charge on any atom is 0.0634 e. The molecule has 0 aliphatic heterocycles. The molecule has 1 aliphatic rings. The Kier molecular flexibility index (Phi) is 7.26. The fourth-order valence-corrected chi connectivity index (χ4v) is 10.5. The lowest BCUT2D eigenvalue weighted by molar-refractivity contribution is 0.660. The normalized spacial score (nSPS) is 13.1. The predicted octanol–water partition coefficient (Wildman–Crippen LogP) is 15.4. The first kappa shape index (κ1) is 32.5. The Morgan fingerprint density at radius 3 is 2.09 bits per heavy atom. The molecule has 0 saturated heterocycles. The molecule has 55 heavy (non-hydrogen) atoms. The highest BCUT2D eigenvalue weighted by molar-refractivity contribution is 9.10. The zero-order chi connectivity index (χ0) is 36.8. The van der Waals surface area contributed by atoms with Gasteiger partial charge in [-0.1, -0.05) is 139 Å².